The standard InChI is InChI=1S/C34H41N3O4/c1-9-36(10-2)25-16-18-26(19-17-25)37-30(22-11-14-24(15-12-22)35(6)7)29(32(39)33(37)40)31(38)23-13-20-28(41-8)27(21-23)34(3,4)5/h11-21,30,38H,9-10H2,1-8H3/b31-29-. The molecule has 1 aliphatic rings. The van der Waals surface area contributed by atoms with Crippen molar-refractivity contribution in [2.45, 2.75) is 46.1 Å². The van der Waals surface area contributed by atoms with E-state index in [9.17, 15) is 14.7 Å². The van der Waals surface area contributed by atoms with Crippen molar-refractivity contribution < 1.29 is 19.4 Å². The van der Waals surface area contributed by atoms with Gasteiger partial charge in [0.2, 0.25) is 0 Å². The van der Waals surface area contributed by atoms with Crippen LogP contribution in [0.15, 0.2) is 72.3 Å². The highest BCUT2D eigenvalue weighted by Gasteiger charge is 2.47. The summed E-state index contributed by atoms with van der Waals surface area (Å²) in [5, 5.41) is 11.7. The Kier molecular flexibility index (Phi) is 8.47. The summed E-state index contributed by atoms with van der Waals surface area (Å²) in [7, 11) is 5.52. The van der Waals surface area contributed by atoms with Gasteiger partial charge in [-0.1, -0.05) is 32.9 Å². The number of carbonyl (C=O) groups is 2. The molecule has 1 atom stereocenters. The average Bonchev–Trinajstić information content (AvgIpc) is 3.22. The van der Waals surface area contributed by atoms with Crippen molar-refractivity contribution in [3.05, 3.63) is 89.0 Å². The van der Waals surface area contributed by atoms with Gasteiger partial charge in [-0.2, -0.15) is 0 Å². The summed E-state index contributed by atoms with van der Waals surface area (Å²) < 4.78 is 5.57. The number of benzene rings is 3. The van der Waals surface area contributed by atoms with E-state index in [2.05, 4.69) is 39.5 Å². The van der Waals surface area contributed by atoms with Gasteiger partial charge in [-0.3, -0.25) is 14.5 Å². The highest BCUT2D eigenvalue weighted by Crippen LogP contribution is 2.43. The first-order valence-electron chi connectivity index (χ1n) is 14.0. The third-order valence-electron chi connectivity index (χ3n) is 7.71. The van der Waals surface area contributed by atoms with Gasteiger partial charge in [-0.05, 0) is 79.4 Å². The van der Waals surface area contributed by atoms with Gasteiger partial charge in [0.05, 0.1) is 18.7 Å². The number of hydrogen-bond donors (Lipinski definition) is 1. The molecule has 0 spiro atoms. The van der Waals surface area contributed by atoms with E-state index in [1.54, 1.807) is 19.2 Å². The molecule has 3 aromatic carbocycles. The van der Waals surface area contributed by atoms with E-state index in [-0.39, 0.29) is 16.7 Å². The first-order valence-corrected chi connectivity index (χ1v) is 14.0. The highest BCUT2D eigenvalue weighted by molar-refractivity contribution is 6.51. The van der Waals surface area contributed by atoms with E-state index in [4.69, 9.17) is 4.74 Å². The summed E-state index contributed by atoms with van der Waals surface area (Å²) >= 11 is 0. The third-order valence-corrected chi connectivity index (χ3v) is 7.71. The van der Waals surface area contributed by atoms with Crippen LogP contribution in [0.5, 0.6) is 5.75 Å². The predicted molar refractivity (Wildman–Crippen MR) is 167 cm³/mol. The molecule has 1 saturated heterocycles. The zero-order valence-electron chi connectivity index (χ0n) is 25.4. The summed E-state index contributed by atoms with van der Waals surface area (Å²) in [5.74, 6) is -0.905. The molecule has 7 heteroatoms. The summed E-state index contributed by atoms with van der Waals surface area (Å²) in [6, 6.07) is 19.9. The summed E-state index contributed by atoms with van der Waals surface area (Å²) in [5.41, 5.74) is 4.47. The monoisotopic (exact) mass is 555 g/mol. The van der Waals surface area contributed by atoms with E-state index in [1.807, 2.05) is 73.6 Å². The molecule has 0 aliphatic carbocycles. The Morgan fingerprint density at radius 2 is 1.49 bits per heavy atom. The second-order valence-corrected chi connectivity index (χ2v) is 11.5. The molecule has 3 aromatic rings. The lowest BCUT2D eigenvalue weighted by Gasteiger charge is -2.27. The van der Waals surface area contributed by atoms with Crippen LogP contribution in [0.1, 0.15) is 57.4 Å². The van der Waals surface area contributed by atoms with Crippen LogP contribution >= 0.6 is 0 Å². The van der Waals surface area contributed by atoms with Crippen molar-refractivity contribution in [2.75, 3.05) is 49.0 Å². The number of aliphatic hydroxyl groups excluding tert-OH is 1. The van der Waals surface area contributed by atoms with Crippen LogP contribution < -0.4 is 19.4 Å². The molecule has 1 N–H and O–H groups in total. The first-order chi connectivity index (χ1) is 19.4. The molecule has 1 aliphatic heterocycles. The van der Waals surface area contributed by atoms with Gasteiger partial charge in [0.25, 0.3) is 11.7 Å². The fourth-order valence-corrected chi connectivity index (χ4v) is 5.38. The minimum atomic E-state index is -0.800. The maximum absolute atomic E-state index is 13.7. The molecule has 216 valence electrons. The number of carbonyl (C=O) groups excluding carboxylic acids is 2. The number of anilines is 3. The van der Waals surface area contributed by atoms with Gasteiger partial charge < -0.3 is 19.6 Å². The second kappa shape index (κ2) is 11.7. The van der Waals surface area contributed by atoms with Crippen LogP contribution in [-0.2, 0) is 15.0 Å². The van der Waals surface area contributed by atoms with Crippen LogP contribution in [0.25, 0.3) is 5.76 Å². The number of hydrogen-bond acceptors (Lipinski definition) is 6. The smallest absolute Gasteiger partial charge is 0.300 e. The van der Waals surface area contributed by atoms with Gasteiger partial charge in [0.15, 0.2) is 0 Å². The normalized spacial score (nSPS) is 16.7. The second-order valence-electron chi connectivity index (χ2n) is 11.5. The van der Waals surface area contributed by atoms with Crippen molar-refractivity contribution >= 4 is 34.5 Å². The zero-order valence-corrected chi connectivity index (χ0v) is 25.4. The number of Topliss-reactive ketones (excluding diaryl/α,β-unsaturated/α-hetero) is 1. The Balaban J connectivity index is 1.91. The van der Waals surface area contributed by atoms with E-state index in [0.29, 0.717) is 17.0 Å². The molecule has 7 nitrogen and oxygen atoms in total. The first kappa shape index (κ1) is 29.7. The van der Waals surface area contributed by atoms with Crippen LogP contribution in [0.4, 0.5) is 17.1 Å². The van der Waals surface area contributed by atoms with Gasteiger partial charge >= 0.3 is 0 Å². The molecule has 1 fully saturated rings. The number of nitrogens with zero attached hydrogens (tertiary/aromatic N) is 3. The maximum Gasteiger partial charge on any atom is 0.300 e. The number of rotatable bonds is 8. The third kappa shape index (κ3) is 5.67. The number of methoxy groups -OCH3 is 1. The predicted octanol–water partition coefficient (Wildman–Crippen LogP) is 6.53. The van der Waals surface area contributed by atoms with Crippen LogP contribution in [0.2, 0.25) is 0 Å². The van der Waals surface area contributed by atoms with Crippen molar-refractivity contribution in [2.24, 2.45) is 0 Å². The van der Waals surface area contributed by atoms with Gasteiger partial charge in [-0.15, -0.1) is 0 Å². The number of ketones is 1. The van der Waals surface area contributed by atoms with Crippen molar-refractivity contribution in [1.82, 2.24) is 0 Å². The van der Waals surface area contributed by atoms with Crippen molar-refractivity contribution in [3.8, 4) is 5.75 Å². The van der Waals surface area contributed by atoms with Crippen molar-refractivity contribution in [3.63, 3.8) is 0 Å². The maximum atomic E-state index is 13.7. The Bertz CT molecular complexity index is 1450. The Morgan fingerprint density at radius 1 is 0.902 bits per heavy atom. The largest absolute Gasteiger partial charge is 0.507 e. The van der Waals surface area contributed by atoms with Crippen molar-refractivity contribution in [1.29, 1.82) is 0 Å². The Hall–Kier alpha value is -4.26. The van der Waals surface area contributed by atoms with E-state index >= 15 is 0 Å². The minimum Gasteiger partial charge on any atom is -0.507 e. The molecule has 1 amide bonds. The molecular formula is C34H41N3O4. The zero-order chi connectivity index (χ0) is 30.1. The Morgan fingerprint density at radius 3 is 2.00 bits per heavy atom. The topological polar surface area (TPSA) is 73.3 Å². The molecular weight excluding hydrogens is 514 g/mol. The summed E-state index contributed by atoms with van der Waals surface area (Å²) in [6.45, 7) is 12.1. The van der Waals surface area contributed by atoms with Gasteiger partial charge in [0, 0.05) is 55.4 Å². The van der Waals surface area contributed by atoms with Crippen LogP contribution in [0, 0.1) is 0 Å². The summed E-state index contributed by atoms with van der Waals surface area (Å²) in [6.07, 6.45) is 0. The highest BCUT2D eigenvalue weighted by atomic mass is 16.5. The quantitative estimate of drug-likeness (QED) is 0.194. The number of aliphatic hydroxyl groups is 1. The lowest BCUT2D eigenvalue weighted by molar-refractivity contribution is -0.132. The number of ether oxygens (including phenoxy) is 1. The fourth-order valence-electron chi connectivity index (χ4n) is 5.38. The molecule has 1 unspecified atom stereocenters. The van der Waals surface area contributed by atoms with E-state index in [0.717, 1.165) is 35.6 Å². The lowest BCUT2D eigenvalue weighted by atomic mass is 9.84. The SMILES string of the molecule is CCN(CC)c1ccc(N2C(=O)C(=O)/C(=C(\O)c3ccc(OC)c(C(C)(C)C)c3)C2c2ccc(N(C)C)cc2)cc1. The Labute approximate surface area is 243 Å². The lowest BCUT2D eigenvalue weighted by Crippen LogP contribution is -2.29. The molecule has 41 heavy (non-hydrogen) atoms. The van der Waals surface area contributed by atoms with E-state index < -0.39 is 17.7 Å². The molecule has 4 rings (SSSR count). The molecule has 1 heterocycles. The van der Waals surface area contributed by atoms with Gasteiger partial charge in [-0.25, -0.2) is 0 Å². The molecule has 0 aromatic heterocycles. The van der Waals surface area contributed by atoms with E-state index in [1.165, 1.54) is 4.90 Å². The average molecular weight is 556 g/mol. The molecule has 0 saturated carbocycles. The molecule has 0 radical (unpaired) electrons. The minimum absolute atomic E-state index is 0.0606. The van der Waals surface area contributed by atoms with Crippen LogP contribution in [-0.4, -0.2) is 51.1 Å². The molecule has 0 bridgehead atoms. The number of amides is 1. The summed E-state index contributed by atoms with van der Waals surface area (Å²) in [4.78, 5) is 33.0. The van der Waals surface area contributed by atoms with Crippen LogP contribution in [0.3, 0.4) is 0 Å². The fraction of sp³-hybridized carbons (Fsp3) is 0.353. The van der Waals surface area contributed by atoms with Gasteiger partial charge in [0.1, 0.15) is 11.5 Å².